The third kappa shape index (κ3) is 3.43. The first-order valence-electron chi connectivity index (χ1n) is 8.60. The topological polar surface area (TPSA) is 44.9 Å². The lowest BCUT2D eigenvalue weighted by molar-refractivity contribution is 0.0378. The maximum atomic E-state index is 6.10. The van der Waals surface area contributed by atoms with Crippen molar-refractivity contribution in [3.63, 3.8) is 0 Å². The zero-order chi connectivity index (χ0) is 15.4. The number of guanidine groups is 1. The molecule has 2 saturated heterocycles. The van der Waals surface area contributed by atoms with E-state index in [1.54, 1.807) is 0 Å². The van der Waals surface area contributed by atoms with Gasteiger partial charge in [0.15, 0.2) is 5.96 Å². The molecule has 3 rings (SSSR count). The molecule has 0 aromatic heterocycles. The van der Waals surface area contributed by atoms with Crippen LogP contribution in [0.15, 0.2) is 35.3 Å². The monoisotopic (exact) mass is 300 g/mol. The van der Waals surface area contributed by atoms with Crippen LogP contribution >= 0.6 is 0 Å². The fourth-order valence-electron chi connectivity index (χ4n) is 3.99. The van der Waals surface area contributed by atoms with Crippen LogP contribution in [0.4, 0.5) is 0 Å². The highest BCUT2D eigenvalue weighted by atomic mass is 15.3. The maximum absolute atomic E-state index is 6.10. The molecule has 0 amide bonds. The number of fused-ring (bicyclic) bond motifs is 1. The normalized spacial score (nSPS) is 26.8. The number of rotatable bonds is 3. The Bertz CT molecular complexity index is 499. The standard InChI is InChI=1S/C18H28N4/c1-2-20-18(19)22-12-10-17-16(14-22)9-6-11-21(17)13-15-7-4-3-5-8-15/h3-5,7-8,16-17H,2,6,9-14H2,1H3,(H2,19,20). The van der Waals surface area contributed by atoms with Gasteiger partial charge in [0, 0.05) is 32.2 Å². The molecule has 2 aliphatic heterocycles. The Morgan fingerprint density at radius 1 is 1.23 bits per heavy atom. The SMILES string of the molecule is CCN=C(N)N1CCC2C(CCCN2Cc2ccccc2)C1. The molecular formula is C18H28N4. The summed E-state index contributed by atoms with van der Waals surface area (Å²) in [5.41, 5.74) is 7.53. The smallest absolute Gasteiger partial charge is 0.191 e. The fourth-order valence-corrected chi connectivity index (χ4v) is 3.99. The molecule has 0 saturated carbocycles. The highest BCUT2D eigenvalue weighted by Gasteiger charge is 2.36. The molecule has 2 N–H and O–H groups in total. The molecule has 4 nitrogen and oxygen atoms in total. The highest BCUT2D eigenvalue weighted by Crippen LogP contribution is 2.31. The van der Waals surface area contributed by atoms with Gasteiger partial charge >= 0.3 is 0 Å². The lowest BCUT2D eigenvalue weighted by atomic mass is 9.83. The molecule has 2 unspecified atom stereocenters. The van der Waals surface area contributed by atoms with Crippen molar-refractivity contribution in [3.8, 4) is 0 Å². The second-order valence-corrected chi connectivity index (χ2v) is 6.49. The number of benzene rings is 1. The van der Waals surface area contributed by atoms with Crippen LogP contribution in [0, 0.1) is 5.92 Å². The summed E-state index contributed by atoms with van der Waals surface area (Å²) in [5.74, 6) is 1.47. The highest BCUT2D eigenvalue weighted by molar-refractivity contribution is 5.78. The van der Waals surface area contributed by atoms with Crippen molar-refractivity contribution in [2.24, 2.45) is 16.6 Å². The number of nitrogens with zero attached hydrogens (tertiary/aromatic N) is 3. The van der Waals surface area contributed by atoms with Crippen LogP contribution in [0.2, 0.25) is 0 Å². The largest absolute Gasteiger partial charge is 0.370 e. The second-order valence-electron chi connectivity index (χ2n) is 6.49. The van der Waals surface area contributed by atoms with Crippen molar-refractivity contribution < 1.29 is 0 Å². The van der Waals surface area contributed by atoms with Crippen LogP contribution < -0.4 is 5.73 Å². The predicted molar refractivity (Wildman–Crippen MR) is 91.7 cm³/mol. The number of piperidine rings is 2. The summed E-state index contributed by atoms with van der Waals surface area (Å²) in [6, 6.07) is 11.6. The lowest BCUT2D eigenvalue weighted by Gasteiger charge is -2.47. The number of likely N-dealkylation sites (tertiary alicyclic amines) is 2. The van der Waals surface area contributed by atoms with E-state index < -0.39 is 0 Å². The molecule has 2 fully saturated rings. The van der Waals surface area contributed by atoms with E-state index in [9.17, 15) is 0 Å². The number of hydrogen-bond donors (Lipinski definition) is 1. The van der Waals surface area contributed by atoms with Crippen LogP contribution in [0.25, 0.3) is 0 Å². The lowest BCUT2D eigenvalue weighted by Crippen LogP contribution is -2.56. The molecule has 2 atom stereocenters. The first kappa shape index (κ1) is 15.3. The Morgan fingerprint density at radius 2 is 2.05 bits per heavy atom. The Morgan fingerprint density at radius 3 is 2.82 bits per heavy atom. The maximum Gasteiger partial charge on any atom is 0.191 e. The Balaban J connectivity index is 1.64. The average Bonchev–Trinajstić information content (AvgIpc) is 2.56. The molecule has 0 bridgehead atoms. The summed E-state index contributed by atoms with van der Waals surface area (Å²) in [4.78, 5) is 9.36. The zero-order valence-corrected chi connectivity index (χ0v) is 13.6. The second kappa shape index (κ2) is 7.14. The minimum Gasteiger partial charge on any atom is -0.370 e. The minimum absolute atomic E-state index is 0.708. The van der Waals surface area contributed by atoms with Gasteiger partial charge in [-0.3, -0.25) is 9.89 Å². The molecule has 1 aromatic carbocycles. The van der Waals surface area contributed by atoms with E-state index in [0.717, 1.165) is 38.1 Å². The van der Waals surface area contributed by atoms with Gasteiger partial charge in [-0.05, 0) is 44.2 Å². The van der Waals surface area contributed by atoms with Crippen molar-refractivity contribution in [3.05, 3.63) is 35.9 Å². The summed E-state index contributed by atoms with van der Waals surface area (Å²) in [6.07, 6.45) is 3.83. The van der Waals surface area contributed by atoms with Gasteiger partial charge in [0.2, 0.25) is 0 Å². The summed E-state index contributed by atoms with van der Waals surface area (Å²) >= 11 is 0. The van der Waals surface area contributed by atoms with E-state index >= 15 is 0 Å². The number of hydrogen-bond acceptors (Lipinski definition) is 2. The molecular weight excluding hydrogens is 272 g/mol. The molecule has 2 aliphatic rings. The average molecular weight is 300 g/mol. The van der Waals surface area contributed by atoms with Gasteiger partial charge in [-0.15, -0.1) is 0 Å². The molecule has 22 heavy (non-hydrogen) atoms. The summed E-state index contributed by atoms with van der Waals surface area (Å²) < 4.78 is 0. The van der Waals surface area contributed by atoms with Crippen LogP contribution in [0.1, 0.15) is 31.7 Å². The fraction of sp³-hybridized carbons (Fsp3) is 0.611. The van der Waals surface area contributed by atoms with E-state index in [0.29, 0.717) is 6.04 Å². The number of aliphatic imine (C=N–C) groups is 1. The van der Waals surface area contributed by atoms with E-state index in [1.165, 1.54) is 31.4 Å². The van der Waals surface area contributed by atoms with Gasteiger partial charge in [0.1, 0.15) is 0 Å². The molecule has 0 aliphatic carbocycles. The minimum atomic E-state index is 0.708. The van der Waals surface area contributed by atoms with E-state index in [1.807, 2.05) is 6.92 Å². The van der Waals surface area contributed by atoms with Crippen LogP contribution in [-0.2, 0) is 6.54 Å². The van der Waals surface area contributed by atoms with Gasteiger partial charge in [0.05, 0.1) is 0 Å². The van der Waals surface area contributed by atoms with Crippen LogP contribution in [0.3, 0.4) is 0 Å². The van der Waals surface area contributed by atoms with E-state index in [-0.39, 0.29) is 0 Å². The number of nitrogens with two attached hydrogens (primary N) is 1. The third-order valence-electron chi connectivity index (χ3n) is 5.06. The van der Waals surface area contributed by atoms with Crippen molar-refractivity contribution in [2.75, 3.05) is 26.2 Å². The van der Waals surface area contributed by atoms with Crippen molar-refractivity contribution in [1.82, 2.24) is 9.80 Å². The van der Waals surface area contributed by atoms with Crippen molar-refractivity contribution >= 4 is 5.96 Å². The van der Waals surface area contributed by atoms with Gasteiger partial charge in [-0.1, -0.05) is 30.3 Å². The molecule has 4 heteroatoms. The van der Waals surface area contributed by atoms with Crippen molar-refractivity contribution in [2.45, 2.75) is 38.8 Å². The zero-order valence-electron chi connectivity index (χ0n) is 13.6. The molecule has 120 valence electrons. The van der Waals surface area contributed by atoms with Gasteiger partial charge in [-0.25, -0.2) is 0 Å². The summed E-state index contributed by atoms with van der Waals surface area (Å²) in [5, 5.41) is 0. The molecule has 0 radical (unpaired) electrons. The molecule has 1 aromatic rings. The quantitative estimate of drug-likeness (QED) is 0.688. The first-order valence-corrected chi connectivity index (χ1v) is 8.60. The van der Waals surface area contributed by atoms with E-state index in [2.05, 4.69) is 45.1 Å². The van der Waals surface area contributed by atoms with Gasteiger partial charge < -0.3 is 10.6 Å². The van der Waals surface area contributed by atoms with Crippen LogP contribution in [-0.4, -0.2) is 48.0 Å². The molecule has 0 spiro atoms. The van der Waals surface area contributed by atoms with Gasteiger partial charge in [-0.2, -0.15) is 0 Å². The Hall–Kier alpha value is -1.55. The van der Waals surface area contributed by atoms with Crippen LogP contribution in [0.5, 0.6) is 0 Å². The summed E-state index contributed by atoms with van der Waals surface area (Å²) in [7, 11) is 0. The van der Waals surface area contributed by atoms with Crippen molar-refractivity contribution in [1.29, 1.82) is 0 Å². The first-order chi connectivity index (χ1) is 10.8. The van der Waals surface area contributed by atoms with E-state index in [4.69, 9.17) is 5.73 Å². The predicted octanol–water partition coefficient (Wildman–Crippen LogP) is 2.31. The third-order valence-corrected chi connectivity index (χ3v) is 5.06. The Kier molecular flexibility index (Phi) is 4.98. The van der Waals surface area contributed by atoms with Gasteiger partial charge in [0.25, 0.3) is 0 Å². The molecule has 2 heterocycles. The summed E-state index contributed by atoms with van der Waals surface area (Å²) in [6.45, 7) is 7.25. The Labute approximate surface area is 134 Å².